The zero-order valence-corrected chi connectivity index (χ0v) is 39.2. The zero-order chi connectivity index (χ0) is 43.2. The van der Waals surface area contributed by atoms with Gasteiger partial charge in [0.15, 0.2) is 0 Å². The summed E-state index contributed by atoms with van der Waals surface area (Å²) in [5, 5.41) is 3.04. The lowest BCUT2D eigenvalue weighted by Crippen LogP contribution is -2.27. The molecule has 0 bridgehead atoms. The SMILES string of the molecule is CCCCCC(CC)OC(=O)CCCCCCCCN(CCCCCCCCC(=O)OC(CC)CCCCC)CCCCCCNC(=O)/C=C/c1ccc(N(C)C)cc1. The smallest absolute Gasteiger partial charge is 0.306 e. The molecule has 0 fully saturated rings. The van der Waals surface area contributed by atoms with Crippen molar-refractivity contribution < 1.29 is 23.9 Å². The molecule has 0 saturated heterocycles. The normalized spacial score (nSPS) is 12.5. The second-order valence-corrected chi connectivity index (χ2v) is 17.1. The molecule has 340 valence electrons. The topological polar surface area (TPSA) is 88.2 Å². The second-order valence-electron chi connectivity index (χ2n) is 17.1. The molecule has 1 aromatic rings. The molecule has 0 radical (unpaired) electrons. The van der Waals surface area contributed by atoms with E-state index >= 15 is 0 Å². The van der Waals surface area contributed by atoms with E-state index in [2.05, 4.69) is 54.9 Å². The van der Waals surface area contributed by atoms with E-state index in [0.29, 0.717) is 19.4 Å². The van der Waals surface area contributed by atoms with E-state index in [1.54, 1.807) is 6.08 Å². The molecule has 1 rings (SSSR count). The Morgan fingerprint density at radius 3 is 1.41 bits per heavy atom. The van der Waals surface area contributed by atoms with Gasteiger partial charge in [0.2, 0.25) is 5.91 Å². The molecule has 2 unspecified atom stereocenters. The van der Waals surface area contributed by atoms with Gasteiger partial charge in [0.05, 0.1) is 0 Å². The third-order valence-corrected chi connectivity index (χ3v) is 11.5. The molecule has 1 N–H and O–H groups in total. The van der Waals surface area contributed by atoms with Crippen molar-refractivity contribution in [2.45, 2.75) is 220 Å². The summed E-state index contributed by atoms with van der Waals surface area (Å²) >= 11 is 0. The van der Waals surface area contributed by atoms with Crippen molar-refractivity contribution in [1.82, 2.24) is 10.2 Å². The molecular weight excluding hydrogens is 735 g/mol. The number of ether oxygens (including phenoxy) is 2. The van der Waals surface area contributed by atoms with Gasteiger partial charge in [-0.3, -0.25) is 14.4 Å². The Kier molecular flexibility index (Phi) is 34.9. The number of hydrogen-bond acceptors (Lipinski definition) is 7. The number of carbonyl (C=O) groups excluding carboxylic acids is 3. The number of esters is 2. The fraction of sp³-hybridized carbons (Fsp3) is 0.784. The van der Waals surface area contributed by atoms with Crippen molar-refractivity contribution >= 4 is 29.6 Å². The van der Waals surface area contributed by atoms with E-state index in [1.165, 1.54) is 89.9 Å². The zero-order valence-electron chi connectivity index (χ0n) is 39.2. The summed E-state index contributed by atoms with van der Waals surface area (Å²) in [5.74, 6) is -0.0570. The van der Waals surface area contributed by atoms with E-state index in [0.717, 1.165) is 108 Å². The molecule has 0 aliphatic heterocycles. The van der Waals surface area contributed by atoms with Crippen LogP contribution in [-0.2, 0) is 23.9 Å². The number of nitrogens with one attached hydrogen (secondary N) is 1. The Labute approximate surface area is 363 Å². The van der Waals surface area contributed by atoms with Gasteiger partial charge in [0.25, 0.3) is 0 Å². The maximum Gasteiger partial charge on any atom is 0.306 e. The maximum absolute atomic E-state index is 12.3. The molecule has 59 heavy (non-hydrogen) atoms. The van der Waals surface area contributed by atoms with Gasteiger partial charge in [-0.25, -0.2) is 0 Å². The van der Waals surface area contributed by atoms with Gasteiger partial charge in [0, 0.05) is 45.2 Å². The van der Waals surface area contributed by atoms with Gasteiger partial charge < -0.3 is 24.6 Å². The van der Waals surface area contributed by atoms with Crippen LogP contribution in [0.4, 0.5) is 5.69 Å². The van der Waals surface area contributed by atoms with Gasteiger partial charge in [0.1, 0.15) is 12.2 Å². The lowest BCUT2D eigenvalue weighted by Gasteiger charge is -2.22. The molecule has 2 atom stereocenters. The molecule has 0 heterocycles. The molecule has 0 aliphatic carbocycles. The van der Waals surface area contributed by atoms with E-state index < -0.39 is 0 Å². The van der Waals surface area contributed by atoms with Crippen molar-refractivity contribution in [1.29, 1.82) is 0 Å². The average Bonchev–Trinajstić information content (AvgIpc) is 3.23. The van der Waals surface area contributed by atoms with Gasteiger partial charge in [-0.05, 0) is 120 Å². The Morgan fingerprint density at radius 2 is 0.983 bits per heavy atom. The number of nitrogens with zero attached hydrogens (tertiary/aromatic N) is 2. The Balaban J connectivity index is 2.34. The first-order valence-electron chi connectivity index (χ1n) is 24.6. The number of unbranched alkanes of at least 4 members (excludes halogenated alkanes) is 17. The maximum atomic E-state index is 12.3. The number of rotatable bonds is 40. The first-order chi connectivity index (χ1) is 28.7. The van der Waals surface area contributed by atoms with Crippen molar-refractivity contribution in [2.24, 2.45) is 0 Å². The summed E-state index contributed by atoms with van der Waals surface area (Å²) in [5.41, 5.74) is 2.17. The highest BCUT2D eigenvalue weighted by Gasteiger charge is 2.13. The fourth-order valence-electron chi connectivity index (χ4n) is 7.53. The first kappa shape index (κ1) is 54.1. The van der Waals surface area contributed by atoms with Crippen LogP contribution in [0.1, 0.15) is 213 Å². The summed E-state index contributed by atoms with van der Waals surface area (Å²) < 4.78 is 11.5. The lowest BCUT2D eigenvalue weighted by atomic mass is 10.1. The Morgan fingerprint density at radius 1 is 0.559 bits per heavy atom. The van der Waals surface area contributed by atoms with Crippen LogP contribution in [0.3, 0.4) is 0 Å². The van der Waals surface area contributed by atoms with Crippen LogP contribution in [0.15, 0.2) is 30.3 Å². The summed E-state index contributed by atoms with van der Waals surface area (Å²) in [6, 6.07) is 8.18. The van der Waals surface area contributed by atoms with Crippen LogP contribution in [0.2, 0.25) is 0 Å². The van der Waals surface area contributed by atoms with Crippen LogP contribution in [0, 0.1) is 0 Å². The van der Waals surface area contributed by atoms with E-state index in [-0.39, 0.29) is 30.1 Å². The average molecular weight is 826 g/mol. The molecule has 1 aromatic carbocycles. The summed E-state index contributed by atoms with van der Waals surface area (Å²) in [6.45, 7) is 12.8. The minimum absolute atomic E-state index is 0.0120. The van der Waals surface area contributed by atoms with Crippen LogP contribution in [-0.4, -0.2) is 75.2 Å². The third-order valence-electron chi connectivity index (χ3n) is 11.5. The van der Waals surface area contributed by atoms with Gasteiger partial charge >= 0.3 is 11.9 Å². The first-order valence-corrected chi connectivity index (χ1v) is 24.6. The van der Waals surface area contributed by atoms with E-state index in [9.17, 15) is 14.4 Å². The minimum atomic E-state index is -0.0329. The molecular formula is C51H91N3O5. The molecule has 0 aromatic heterocycles. The monoisotopic (exact) mass is 826 g/mol. The predicted octanol–water partition coefficient (Wildman–Crippen LogP) is 13.0. The number of hydrogen-bond donors (Lipinski definition) is 1. The second kappa shape index (κ2) is 38.1. The molecule has 8 nitrogen and oxygen atoms in total. The van der Waals surface area contributed by atoms with Crippen LogP contribution in [0.25, 0.3) is 6.08 Å². The van der Waals surface area contributed by atoms with Crippen LogP contribution < -0.4 is 10.2 Å². The highest BCUT2D eigenvalue weighted by molar-refractivity contribution is 5.91. The van der Waals surface area contributed by atoms with E-state index in [1.807, 2.05) is 32.3 Å². The fourth-order valence-corrected chi connectivity index (χ4v) is 7.53. The van der Waals surface area contributed by atoms with Crippen LogP contribution >= 0.6 is 0 Å². The Hall–Kier alpha value is -2.87. The van der Waals surface area contributed by atoms with Crippen molar-refractivity contribution in [3.63, 3.8) is 0 Å². The van der Waals surface area contributed by atoms with Crippen LogP contribution in [0.5, 0.6) is 0 Å². The molecule has 8 heteroatoms. The number of benzene rings is 1. The Bertz CT molecular complexity index is 1140. The van der Waals surface area contributed by atoms with Crippen molar-refractivity contribution in [3.8, 4) is 0 Å². The van der Waals surface area contributed by atoms with Crippen molar-refractivity contribution in [2.75, 3.05) is 45.2 Å². The summed E-state index contributed by atoms with van der Waals surface area (Å²) in [7, 11) is 4.04. The summed E-state index contributed by atoms with van der Waals surface area (Å²) in [4.78, 5) is 41.8. The number of anilines is 1. The number of carbonyl (C=O) groups is 3. The molecule has 0 aliphatic rings. The lowest BCUT2D eigenvalue weighted by molar-refractivity contribution is -0.150. The molecule has 1 amide bonds. The predicted molar refractivity (Wildman–Crippen MR) is 251 cm³/mol. The highest BCUT2D eigenvalue weighted by atomic mass is 16.5. The standard InChI is InChI=1S/C51H91N3O5/c1-7-11-23-31-47(9-3)58-50(56)33-25-17-13-15-20-28-42-54(43-29-21-16-14-18-26-34-51(57)59-48(10-4)32-24-12-8-2)44-30-22-19-27-41-52-49(55)40-37-45-35-38-46(39-36-45)53(5)6/h35-40,47-48H,7-34,41-44H2,1-6H3,(H,52,55)/b40-37+. The third kappa shape index (κ3) is 31.6. The highest BCUT2D eigenvalue weighted by Crippen LogP contribution is 2.17. The van der Waals surface area contributed by atoms with Gasteiger partial charge in [-0.1, -0.05) is 130 Å². The molecule has 0 saturated carbocycles. The summed E-state index contributed by atoms with van der Waals surface area (Å²) in [6.07, 6.45) is 34.1. The van der Waals surface area contributed by atoms with Gasteiger partial charge in [-0.15, -0.1) is 0 Å². The molecule has 0 spiro atoms. The van der Waals surface area contributed by atoms with Crippen molar-refractivity contribution in [3.05, 3.63) is 35.9 Å². The van der Waals surface area contributed by atoms with E-state index in [4.69, 9.17) is 9.47 Å². The quantitative estimate of drug-likeness (QED) is 0.0400. The van der Waals surface area contributed by atoms with Gasteiger partial charge in [-0.2, -0.15) is 0 Å². The minimum Gasteiger partial charge on any atom is -0.462 e. The largest absolute Gasteiger partial charge is 0.462 e. The number of amides is 1.